The molecule has 1 heterocycles. The maximum atomic E-state index is 11.6. The smallest absolute Gasteiger partial charge is 0.163 e. The highest BCUT2D eigenvalue weighted by Crippen LogP contribution is 2.29. The Hall–Kier alpha value is -2.07. The summed E-state index contributed by atoms with van der Waals surface area (Å²) in [5, 5.41) is 0. The van der Waals surface area contributed by atoms with Gasteiger partial charge in [0.2, 0.25) is 0 Å². The van der Waals surface area contributed by atoms with Crippen molar-refractivity contribution in [2.45, 2.75) is 52.7 Å². The molecule has 1 aromatic carbocycles. The van der Waals surface area contributed by atoms with Gasteiger partial charge in [-0.1, -0.05) is 31.9 Å². The van der Waals surface area contributed by atoms with E-state index < -0.39 is 0 Å². The molecular weight excluding hydrogens is 304 g/mol. The monoisotopic (exact) mass is 330 g/mol. The van der Waals surface area contributed by atoms with Crippen molar-refractivity contribution in [3.8, 4) is 5.75 Å². The van der Waals surface area contributed by atoms with Gasteiger partial charge < -0.3 is 13.9 Å². The summed E-state index contributed by atoms with van der Waals surface area (Å²) < 4.78 is 17.1. The van der Waals surface area contributed by atoms with Crippen molar-refractivity contribution in [1.29, 1.82) is 0 Å². The molecule has 1 unspecified atom stereocenters. The summed E-state index contributed by atoms with van der Waals surface area (Å²) in [6.07, 6.45) is 2.86. The quantitative estimate of drug-likeness (QED) is 0.589. The Morgan fingerprint density at radius 2 is 1.96 bits per heavy atom. The van der Waals surface area contributed by atoms with Gasteiger partial charge in [-0.2, -0.15) is 0 Å². The number of aryl methyl sites for hydroxylation is 1. The van der Waals surface area contributed by atoms with Gasteiger partial charge in [0, 0.05) is 0 Å². The van der Waals surface area contributed by atoms with E-state index in [1.165, 1.54) is 0 Å². The molecule has 1 atom stereocenters. The Morgan fingerprint density at radius 3 is 2.50 bits per heavy atom. The van der Waals surface area contributed by atoms with Crippen molar-refractivity contribution in [3.63, 3.8) is 0 Å². The van der Waals surface area contributed by atoms with E-state index in [0.29, 0.717) is 17.9 Å². The van der Waals surface area contributed by atoms with Gasteiger partial charge in [-0.05, 0) is 44.0 Å². The van der Waals surface area contributed by atoms with Crippen molar-refractivity contribution < 1.29 is 18.7 Å². The predicted octanol–water partition coefficient (Wildman–Crippen LogP) is 5.25. The zero-order valence-electron chi connectivity index (χ0n) is 14.9. The first-order chi connectivity index (χ1) is 11.5. The van der Waals surface area contributed by atoms with Crippen LogP contribution < -0.4 is 4.74 Å². The van der Waals surface area contributed by atoms with E-state index in [2.05, 4.69) is 6.92 Å². The summed E-state index contributed by atoms with van der Waals surface area (Å²) in [7, 11) is 1.65. The second kappa shape index (κ2) is 8.69. The third kappa shape index (κ3) is 4.71. The first kappa shape index (κ1) is 18.3. The summed E-state index contributed by atoms with van der Waals surface area (Å²) in [4.78, 5) is 11.6. The van der Waals surface area contributed by atoms with E-state index in [4.69, 9.17) is 13.9 Å². The number of hydrogen-bond donors (Lipinski definition) is 0. The number of unbranched alkanes of at least 4 members (excludes halogenated alkanes) is 1. The fraction of sp³-hybridized carbons (Fsp3) is 0.450. The zero-order chi connectivity index (χ0) is 17.5. The molecule has 1 aromatic heterocycles. The SMILES string of the molecule is CCCCC(OCc1ccc(OC)cc1)c1cc(C(C)=O)c(C)o1. The number of ether oxygens (including phenoxy) is 2. The van der Waals surface area contributed by atoms with Gasteiger partial charge in [0.05, 0.1) is 19.3 Å². The molecule has 0 radical (unpaired) electrons. The highest BCUT2D eigenvalue weighted by Gasteiger charge is 2.20. The fourth-order valence-electron chi connectivity index (χ4n) is 2.63. The van der Waals surface area contributed by atoms with Crippen LogP contribution in [0.5, 0.6) is 5.75 Å². The molecule has 0 aliphatic rings. The average Bonchev–Trinajstić information content (AvgIpc) is 2.97. The van der Waals surface area contributed by atoms with Crippen LogP contribution in [0, 0.1) is 6.92 Å². The largest absolute Gasteiger partial charge is 0.497 e. The normalized spacial score (nSPS) is 12.2. The summed E-state index contributed by atoms with van der Waals surface area (Å²) in [5.41, 5.74) is 1.71. The van der Waals surface area contributed by atoms with Crippen LogP contribution in [0.15, 0.2) is 34.7 Å². The third-order valence-electron chi connectivity index (χ3n) is 4.06. The first-order valence-corrected chi connectivity index (χ1v) is 8.41. The van der Waals surface area contributed by atoms with Crippen molar-refractivity contribution in [1.82, 2.24) is 0 Å². The fourth-order valence-corrected chi connectivity index (χ4v) is 2.63. The van der Waals surface area contributed by atoms with Crippen molar-refractivity contribution in [2.75, 3.05) is 7.11 Å². The van der Waals surface area contributed by atoms with E-state index in [1.54, 1.807) is 14.0 Å². The molecule has 24 heavy (non-hydrogen) atoms. The van der Waals surface area contributed by atoms with E-state index in [1.807, 2.05) is 37.3 Å². The van der Waals surface area contributed by atoms with Crippen LogP contribution in [-0.2, 0) is 11.3 Å². The minimum atomic E-state index is -0.140. The molecule has 130 valence electrons. The van der Waals surface area contributed by atoms with Gasteiger partial charge in [-0.25, -0.2) is 0 Å². The lowest BCUT2D eigenvalue weighted by molar-refractivity contribution is 0.0179. The Bertz CT molecular complexity index is 655. The lowest BCUT2D eigenvalue weighted by Crippen LogP contribution is -2.04. The van der Waals surface area contributed by atoms with Crippen LogP contribution in [-0.4, -0.2) is 12.9 Å². The van der Waals surface area contributed by atoms with Crippen LogP contribution in [0.3, 0.4) is 0 Å². The minimum absolute atomic E-state index is 0.0203. The number of rotatable bonds is 9. The maximum Gasteiger partial charge on any atom is 0.163 e. The molecule has 0 fully saturated rings. The lowest BCUT2D eigenvalue weighted by Gasteiger charge is -2.16. The van der Waals surface area contributed by atoms with Gasteiger partial charge in [0.1, 0.15) is 23.4 Å². The molecular formula is C20H26O4. The number of furan rings is 1. The second-order valence-corrected chi connectivity index (χ2v) is 5.96. The number of hydrogen-bond acceptors (Lipinski definition) is 4. The molecule has 4 heteroatoms. The summed E-state index contributed by atoms with van der Waals surface area (Å²) in [6.45, 7) is 6.02. The molecule has 0 saturated carbocycles. The van der Waals surface area contributed by atoms with Crippen LogP contribution in [0.2, 0.25) is 0 Å². The zero-order valence-corrected chi connectivity index (χ0v) is 14.9. The predicted molar refractivity (Wildman–Crippen MR) is 93.5 cm³/mol. The Kier molecular flexibility index (Phi) is 6.62. The van der Waals surface area contributed by atoms with Crippen molar-refractivity contribution in [3.05, 3.63) is 53.0 Å². The van der Waals surface area contributed by atoms with Crippen molar-refractivity contribution >= 4 is 5.78 Å². The molecule has 0 aliphatic heterocycles. The van der Waals surface area contributed by atoms with E-state index in [-0.39, 0.29) is 11.9 Å². The van der Waals surface area contributed by atoms with Crippen LogP contribution in [0.25, 0.3) is 0 Å². The number of carbonyl (C=O) groups excluding carboxylic acids is 1. The molecule has 0 bridgehead atoms. The highest BCUT2D eigenvalue weighted by atomic mass is 16.5. The number of ketones is 1. The lowest BCUT2D eigenvalue weighted by atomic mass is 10.1. The number of Topliss-reactive ketones (excluding diaryl/α,β-unsaturated/α-hetero) is 1. The molecule has 0 amide bonds. The van der Waals surface area contributed by atoms with Crippen molar-refractivity contribution in [2.24, 2.45) is 0 Å². The highest BCUT2D eigenvalue weighted by molar-refractivity contribution is 5.95. The van der Waals surface area contributed by atoms with Crippen LogP contribution in [0.4, 0.5) is 0 Å². The molecule has 0 N–H and O–H groups in total. The standard InChI is InChI=1S/C20H26O4/c1-5-6-7-19(20-12-18(14(2)21)15(3)24-20)23-13-16-8-10-17(22-4)11-9-16/h8-12,19H,5-7,13H2,1-4H3. The topological polar surface area (TPSA) is 48.7 Å². The number of carbonyl (C=O) groups is 1. The Labute approximate surface area is 143 Å². The molecule has 4 nitrogen and oxygen atoms in total. The summed E-state index contributed by atoms with van der Waals surface area (Å²) in [5.74, 6) is 2.24. The first-order valence-electron chi connectivity index (χ1n) is 8.41. The maximum absolute atomic E-state index is 11.6. The molecule has 0 aliphatic carbocycles. The summed E-state index contributed by atoms with van der Waals surface area (Å²) >= 11 is 0. The third-order valence-corrected chi connectivity index (χ3v) is 4.06. The van der Waals surface area contributed by atoms with Crippen LogP contribution >= 0.6 is 0 Å². The van der Waals surface area contributed by atoms with Gasteiger partial charge in [0.15, 0.2) is 5.78 Å². The second-order valence-electron chi connectivity index (χ2n) is 5.96. The molecule has 0 saturated heterocycles. The summed E-state index contributed by atoms with van der Waals surface area (Å²) in [6, 6.07) is 9.65. The number of benzene rings is 1. The minimum Gasteiger partial charge on any atom is -0.497 e. The van der Waals surface area contributed by atoms with Gasteiger partial charge in [-0.15, -0.1) is 0 Å². The average molecular weight is 330 g/mol. The number of methoxy groups -OCH3 is 1. The Balaban J connectivity index is 2.09. The molecule has 2 rings (SSSR count). The Morgan fingerprint density at radius 1 is 1.25 bits per heavy atom. The van der Waals surface area contributed by atoms with Crippen LogP contribution in [0.1, 0.15) is 66.7 Å². The molecule has 0 spiro atoms. The van der Waals surface area contributed by atoms with Gasteiger partial charge >= 0.3 is 0 Å². The van der Waals surface area contributed by atoms with E-state index >= 15 is 0 Å². The van der Waals surface area contributed by atoms with E-state index in [9.17, 15) is 4.79 Å². The molecule has 2 aromatic rings. The van der Waals surface area contributed by atoms with E-state index in [0.717, 1.165) is 36.3 Å². The van der Waals surface area contributed by atoms with Gasteiger partial charge in [0.25, 0.3) is 0 Å². The van der Waals surface area contributed by atoms with Gasteiger partial charge in [-0.3, -0.25) is 4.79 Å².